The Bertz CT molecular complexity index is 338. The van der Waals surface area contributed by atoms with Gasteiger partial charge in [-0.3, -0.25) is 0 Å². The van der Waals surface area contributed by atoms with Crippen LogP contribution in [0.4, 0.5) is 0 Å². The van der Waals surface area contributed by atoms with Crippen molar-refractivity contribution in [3.05, 3.63) is 24.0 Å². The zero-order chi connectivity index (χ0) is 10.8. The lowest BCUT2D eigenvalue weighted by Gasteiger charge is -2.21. The van der Waals surface area contributed by atoms with Crippen LogP contribution in [0.15, 0.2) is 18.5 Å². The Labute approximate surface area is 85.1 Å². The zero-order valence-corrected chi connectivity index (χ0v) is 8.99. The highest BCUT2D eigenvalue weighted by molar-refractivity contribution is 5.17. The standard InChI is InChI=1S/C11H17N3/c1-11(2,3)14-7-5-9(8-14)10(13)4-6-12/h5,7-8,10H,4,13H2,1-3H3/t10-/m0/s1. The monoisotopic (exact) mass is 191 g/mol. The average molecular weight is 191 g/mol. The van der Waals surface area contributed by atoms with E-state index in [1.807, 2.05) is 18.5 Å². The van der Waals surface area contributed by atoms with Crippen LogP contribution >= 0.6 is 0 Å². The molecule has 0 aliphatic heterocycles. The maximum Gasteiger partial charge on any atom is 0.0641 e. The van der Waals surface area contributed by atoms with E-state index in [4.69, 9.17) is 11.0 Å². The SMILES string of the molecule is CC(C)(C)n1ccc([C@@H](N)CC#N)c1. The van der Waals surface area contributed by atoms with Gasteiger partial charge in [0, 0.05) is 24.0 Å². The molecule has 1 heterocycles. The smallest absolute Gasteiger partial charge is 0.0641 e. The number of hydrogen-bond acceptors (Lipinski definition) is 2. The summed E-state index contributed by atoms with van der Waals surface area (Å²) < 4.78 is 2.11. The van der Waals surface area contributed by atoms with Crippen molar-refractivity contribution in [3.63, 3.8) is 0 Å². The molecule has 0 radical (unpaired) electrons. The third-order valence-electron chi connectivity index (χ3n) is 2.23. The lowest BCUT2D eigenvalue weighted by atomic mass is 10.1. The topological polar surface area (TPSA) is 54.7 Å². The molecule has 1 aromatic rings. The van der Waals surface area contributed by atoms with E-state index < -0.39 is 0 Å². The third kappa shape index (κ3) is 2.36. The first-order chi connectivity index (χ1) is 6.45. The van der Waals surface area contributed by atoms with E-state index in [0.717, 1.165) is 5.56 Å². The van der Waals surface area contributed by atoms with Gasteiger partial charge in [0.1, 0.15) is 0 Å². The van der Waals surface area contributed by atoms with Crippen LogP contribution < -0.4 is 5.73 Å². The van der Waals surface area contributed by atoms with Gasteiger partial charge in [-0.15, -0.1) is 0 Å². The van der Waals surface area contributed by atoms with Crippen molar-refractivity contribution in [2.75, 3.05) is 0 Å². The van der Waals surface area contributed by atoms with Crippen molar-refractivity contribution >= 4 is 0 Å². The minimum Gasteiger partial charge on any atom is -0.349 e. The van der Waals surface area contributed by atoms with Gasteiger partial charge in [-0.05, 0) is 32.4 Å². The molecule has 76 valence electrons. The molecule has 1 rings (SSSR count). The summed E-state index contributed by atoms with van der Waals surface area (Å²) >= 11 is 0. The first-order valence-electron chi connectivity index (χ1n) is 4.76. The van der Waals surface area contributed by atoms with Crippen LogP contribution in [-0.4, -0.2) is 4.57 Å². The molecule has 0 bridgehead atoms. The number of nitrogens with zero attached hydrogens (tertiary/aromatic N) is 2. The molecule has 0 aliphatic carbocycles. The van der Waals surface area contributed by atoms with E-state index >= 15 is 0 Å². The molecule has 2 N–H and O–H groups in total. The molecule has 14 heavy (non-hydrogen) atoms. The largest absolute Gasteiger partial charge is 0.349 e. The molecule has 0 unspecified atom stereocenters. The summed E-state index contributed by atoms with van der Waals surface area (Å²) in [6.45, 7) is 6.39. The van der Waals surface area contributed by atoms with Gasteiger partial charge in [0.2, 0.25) is 0 Å². The van der Waals surface area contributed by atoms with Crippen molar-refractivity contribution in [1.82, 2.24) is 4.57 Å². The number of aromatic nitrogens is 1. The lowest BCUT2D eigenvalue weighted by Crippen LogP contribution is -2.20. The van der Waals surface area contributed by atoms with Crippen LogP contribution in [0.1, 0.15) is 38.8 Å². The molecule has 0 aliphatic rings. The number of rotatable bonds is 2. The number of hydrogen-bond donors (Lipinski definition) is 1. The summed E-state index contributed by atoms with van der Waals surface area (Å²) in [5.74, 6) is 0. The molecule has 0 aromatic carbocycles. The number of nitriles is 1. The maximum atomic E-state index is 8.53. The molecule has 0 spiro atoms. The van der Waals surface area contributed by atoms with E-state index in [-0.39, 0.29) is 11.6 Å². The van der Waals surface area contributed by atoms with E-state index in [2.05, 4.69) is 31.4 Å². The van der Waals surface area contributed by atoms with E-state index in [0.29, 0.717) is 6.42 Å². The Morgan fingerprint density at radius 3 is 2.64 bits per heavy atom. The molecule has 0 fully saturated rings. The van der Waals surface area contributed by atoms with Crippen molar-refractivity contribution in [3.8, 4) is 6.07 Å². The van der Waals surface area contributed by atoms with Crippen LogP contribution in [0, 0.1) is 11.3 Å². The van der Waals surface area contributed by atoms with E-state index in [1.165, 1.54) is 0 Å². The fourth-order valence-electron chi connectivity index (χ4n) is 1.27. The Hall–Kier alpha value is -1.27. The first-order valence-corrected chi connectivity index (χ1v) is 4.76. The highest BCUT2D eigenvalue weighted by Gasteiger charge is 2.14. The van der Waals surface area contributed by atoms with Crippen LogP contribution in [0.3, 0.4) is 0 Å². The van der Waals surface area contributed by atoms with Crippen molar-refractivity contribution in [1.29, 1.82) is 5.26 Å². The van der Waals surface area contributed by atoms with Gasteiger partial charge in [-0.25, -0.2) is 0 Å². The quantitative estimate of drug-likeness (QED) is 0.778. The molecule has 0 saturated heterocycles. The van der Waals surface area contributed by atoms with E-state index in [1.54, 1.807) is 0 Å². The lowest BCUT2D eigenvalue weighted by molar-refractivity contribution is 0.397. The van der Waals surface area contributed by atoms with Gasteiger partial charge in [0.25, 0.3) is 0 Å². The van der Waals surface area contributed by atoms with Gasteiger partial charge in [-0.2, -0.15) is 5.26 Å². The third-order valence-corrected chi connectivity index (χ3v) is 2.23. The Kier molecular flexibility index (Phi) is 2.97. The summed E-state index contributed by atoms with van der Waals surface area (Å²) in [4.78, 5) is 0. The molecule has 0 saturated carbocycles. The highest BCUT2D eigenvalue weighted by Crippen LogP contribution is 2.19. The summed E-state index contributed by atoms with van der Waals surface area (Å²) in [6.07, 6.45) is 4.39. The second-order valence-electron chi connectivity index (χ2n) is 4.49. The van der Waals surface area contributed by atoms with Gasteiger partial charge in [0.15, 0.2) is 0 Å². The Balaban J connectivity index is 2.84. The van der Waals surface area contributed by atoms with Crippen LogP contribution in [0.5, 0.6) is 0 Å². The Morgan fingerprint density at radius 2 is 2.21 bits per heavy atom. The molecular formula is C11H17N3. The minimum atomic E-state index is -0.163. The predicted octanol–water partition coefficient (Wildman–Crippen LogP) is 2.16. The fraction of sp³-hybridized carbons (Fsp3) is 0.545. The maximum absolute atomic E-state index is 8.53. The van der Waals surface area contributed by atoms with Gasteiger partial charge < -0.3 is 10.3 Å². The van der Waals surface area contributed by atoms with Gasteiger partial charge >= 0.3 is 0 Å². The normalized spacial score (nSPS) is 13.6. The summed E-state index contributed by atoms with van der Waals surface area (Å²) in [6, 6.07) is 3.90. The average Bonchev–Trinajstić information content (AvgIpc) is 2.51. The second-order valence-corrected chi connectivity index (χ2v) is 4.49. The predicted molar refractivity (Wildman–Crippen MR) is 56.6 cm³/mol. The summed E-state index contributed by atoms with van der Waals surface area (Å²) in [5, 5.41) is 8.53. The molecular weight excluding hydrogens is 174 g/mol. The van der Waals surface area contributed by atoms with Crippen molar-refractivity contribution in [2.24, 2.45) is 5.73 Å². The molecule has 1 atom stereocenters. The van der Waals surface area contributed by atoms with Gasteiger partial charge in [0.05, 0.1) is 12.5 Å². The second kappa shape index (κ2) is 3.85. The Morgan fingerprint density at radius 1 is 1.57 bits per heavy atom. The summed E-state index contributed by atoms with van der Waals surface area (Å²) in [5.41, 5.74) is 6.93. The molecule has 3 nitrogen and oxygen atoms in total. The minimum absolute atomic E-state index is 0.0740. The molecule has 0 amide bonds. The van der Waals surface area contributed by atoms with Crippen LogP contribution in [-0.2, 0) is 5.54 Å². The van der Waals surface area contributed by atoms with E-state index in [9.17, 15) is 0 Å². The van der Waals surface area contributed by atoms with Crippen LogP contribution in [0.2, 0.25) is 0 Å². The zero-order valence-electron chi connectivity index (χ0n) is 8.99. The fourth-order valence-corrected chi connectivity index (χ4v) is 1.27. The number of nitrogens with two attached hydrogens (primary N) is 1. The summed E-state index contributed by atoms with van der Waals surface area (Å²) in [7, 11) is 0. The molecule has 1 aromatic heterocycles. The van der Waals surface area contributed by atoms with Crippen molar-refractivity contribution < 1.29 is 0 Å². The highest BCUT2D eigenvalue weighted by atomic mass is 15.0. The molecule has 3 heteroatoms. The first kappa shape index (κ1) is 10.8. The van der Waals surface area contributed by atoms with Crippen molar-refractivity contribution in [2.45, 2.75) is 38.8 Å². The van der Waals surface area contributed by atoms with Crippen LogP contribution in [0.25, 0.3) is 0 Å². The van der Waals surface area contributed by atoms with Gasteiger partial charge in [-0.1, -0.05) is 0 Å².